The van der Waals surface area contributed by atoms with Gasteiger partial charge >= 0.3 is 17.9 Å². The van der Waals surface area contributed by atoms with Crippen LogP contribution in [-0.4, -0.2) is 37.2 Å². The maximum atomic E-state index is 12.8. The monoisotopic (exact) mass is 965 g/mol. The van der Waals surface area contributed by atoms with Gasteiger partial charge in [-0.2, -0.15) is 0 Å². The molecule has 0 heterocycles. The van der Waals surface area contributed by atoms with Crippen LogP contribution in [0.25, 0.3) is 0 Å². The summed E-state index contributed by atoms with van der Waals surface area (Å²) in [4.78, 5) is 38.0. The third-order valence-electron chi connectivity index (χ3n) is 13.0. The Morgan fingerprint density at radius 2 is 0.609 bits per heavy atom. The highest BCUT2D eigenvalue weighted by molar-refractivity contribution is 5.71. The molecule has 1 atom stereocenters. The van der Waals surface area contributed by atoms with Gasteiger partial charge < -0.3 is 14.2 Å². The summed E-state index contributed by atoms with van der Waals surface area (Å²) in [7, 11) is 0. The number of hydrogen-bond acceptors (Lipinski definition) is 6. The molecule has 0 fully saturated rings. The van der Waals surface area contributed by atoms with Crippen molar-refractivity contribution >= 4 is 17.9 Å². The summed E-state index contributed by atoms with van der Waals surface area (Å²) in [6.07, 6.45) is 72.6. The first kappa shape index (κ1) is 66.1. The minimum Gasteiger partial charge on any atom is -0.462 e. The van der Waals surface area contributed by atoms with Gasteiger partial charge in [0.05, 0.1) is 0 Å². The molecule has 1 unspecified atom stereocenters. The topological polar surface area (TPSA) is 78.9 Å². The number of carbonyl (C=O) groups is 3. The van der Waals surface area contributed by atoms with Crippen molar-refractivity contribution in [3.63, 3.8) is 0 Å². The number of carbonyl (C=O) groups excluding carboxylic acids is 3. The predicted molar refractivity (Wildman–Crippen MR) is 298 cm³/mol. The third-order valence-corrected chi connectivity index (χ3v) is 13.0. The first-order valence-corrected chi connectivity index (χ1v) is 29.8. The van der Waals surface area contributed by atoms with E-state index in [1.165, 1.54) is 180 Å². The molecule has 0 aliphatic rings. The molecule has 6 heteroatoms. The number of hydrogen-bond donors (Lipinski definition) is 0. The SMILES string of the molecule is CC/C=C\C/C=C\C/C=C\C/C=C\CCC(=O)OC(COC(=O)CCCCCCC/C=C\CCCC)COC(=O)CCCCCCCCCCCCCCCCCCCCCCCCCCCCC. The molecule has 0 amide bonds. The fourth-order valence-corrected chi connectivity index (χ4v) is 8.56. The second-order valence-electron chi connectivity index (χ2n) is 19.9. The Labute approximate surface area is 428 Å². The zero-order valence-corrected chi connectivity index (χ0v) is 45.8. The van der Waals surface area contributed by atoms with Gasteiger partial charge in [0.1, 0.15) is 13.2 Å². The van der Waals surface area contributed by atoms with Crippen molar-refractivity contribution in [2.45, 2.75) is 309 Å². The van der Waals surface area contributed by atoms with Gasteiger partial charge in [-0.25, -0.2) is 0 Å². The van der Waals surface area contributed by atoms with Crippen molar-refractivity contribution in [1.82, 2.24) is 0 Å². The normalized spacial score (nSPS) is 12.4. The number of ether oxygens (including phenoxy) is 3. The molecule has 0 bridgehead atoms. The predicted octanol–water partition coefficient (Wildman–Crippen LogP) is 20.0. The highest BCUT2D eigenvalue weighted by Crippen LogP contribution is 2.17. The molecule has 0 aromatic rings. The molecule has 0 N–H and O–H groups in total. The molecule has 0 aliphatic heterocycles. The Balaban J connectivity index is 4.18. The van der Waals surface area contributed by atoms with E-state index < -0.39 is 6.10 Å². The minimum atomic E-state index is -0.813. The molecular weight excluding hydrogens is 853 g/mol. The van der Waals surface area contributed by atoms with Crippen LogP contribution in [0.2, 0.25) is 0 Å². The van der Waals surface area contributed by atoms with Crippen LogP contribution in [0.15, 0.2) is 60.8 Å². The van der Waals surface area contributed by atoms with E-state index in [9.17, 15) is 14.4 Å². The molecule has 0 aliphatic carbocycles. The van der Waals surface area contributed by atoms with Crippen LogP contribution in [0.5, 0.6) is 0 Å². The van der Waals surface area contributed by atoms with Gasteiger partial charge in [-0.15, -0.1) is 0 Å². The molecule has 0 aromatic carbocycles. The van der Waals surface area contributed by atoms with Gasteiger partial charge in [0.15, 0.2) is 6.10 Å². The Morgan fingerprint density at radius 1 is 0.304 bits per heavy atom. The molecule has 0 saturated carbocycles. The number of allylic oxidation sites excluding steroid dienone is 10. The summed E-state index contributed by atoms with van der Waals surface area (Å²) in [5, 5.41) is 0. The first-order chi connectivity index (χ1) is 34.0. The van der Waals surface area contributed by atoms with Gasteiger partial charge in [0.25, 0.3) is 0 Å². The van der Waals surface area contributed by atoms with E-state index in [-0.39, 0.29) is 37.5 Å². The lowest BCUT2D eigenvalue weighted by Gasteiger charge is -2.18. The van der Waals surface area contributed by atoms with Crippen molar-refractivity contribution in [1.29, 1.82) is 0 Å². The summed E-state index contributed by atoms with van der Waals surface area (Å²) in [6, 6.07) is 0. The average Bonchev–Trinajstić information content (AvgIpc) is 3.35. The van der Waals surface area contributed by atoms with Gasteiger partial charge in [-0.1, -0.05) is 281 Å². The lowest BCUT2D eigenvalue weighted by molar-refractivity contribution is -0.166. The Bertz CT molecular complexity index is 1250. The molecule has 400 valence electrons. The Kier molecular flexibility index (Phi) is 55.3. The van der Waals surface area contributed by atoms with Crippen LogP contribution >= 0.6 is 0 Å². The average molecular weight is 966 g/mol. The van der Waals surface area contributed by atoms with Crippen LogP contribution in [0.3, 0.4) is 0 Å². The molecule has 0 saturated heterocycles. The Morgan fingerprint density at radius 3 is 0.986 bits per heavy atom. The third kappa shape index (κ3) is 55.9. The fourth-order valence-electron chi connectivity index (χ4n) is 8.56. The van der Waals surface area contributed by atoms with E-state index in [0.29, 0.717) is 19.3 Å². The van der Waals surface area contributed by atoms with Gasteiger partial charge in [-0.3, -0.25) is 14.4 Å². The first-order valence-electron chi connectivity index (χ1n) is 29.8. The van der Waals surface area contributed by atoms with Crippen molar-refractivity contribution in [2.75, 3.05) is 13.2 Å². The van der Waals surface area contributed by atoms with E-state index in [4.69, 9.17) is 14.2 Å². The van der Waals surface area contributed by atoms with Crippen molar-refractivity contribution < 1.29 is 28.6 Å². The smallest absolute Gasteiger partial charge is 0.306 e. The van der Waals surface area contributed by atoms with Crippen molar-refractivity contribution in [3.05, 3.63) is 60.8 Å². The summed E-state index contributed by atoms with van der Waals surface area (Å²) in [6.45, 7) is 6.44. The maximum absolute atomic E-state index is 12.8. The van der Waals surface area contributed by atoms with Gasteiger partial charge in [0, 0.05) is 19.3 Å². The van der Waals surface area contributed by atoms with Crippen molar-refractivity contribution in [3.8, 4) is 0 Å². The molecule has 0 rings (SSSR count). The molecule has 0 spiro atoms. The van der Waals surface area contributed by atoms with Crippen molar-refractivity contribution in [2.24, 2.45) is 0 Å². The standard InChI is InChI=1S/C63H112O6/c1-4-7-10-13-16-19-22-24-25-26-27-28-29-30-31-32-33-34-35-36-37-39-41-44-47-50-53-56-62(65)68-59-60(58-67-61(64)55-52-49-46-43-40-21-18-15-12-9-6-3)69-63(66)57-54-51-48-45-42-38-23-20-17-14-11-8-5-2/h8,11,15,17-18,20,38,42,48,51,60H,4-7,9-10,12-14,16,19,21-37,39-41,43-47,49-50,52-59H2,1-3H3/b11-8-,18-15-,20-17-,42-38-,51-48-. The minimum absolute atomic E-state index is 0.103. The summed E-state index contributed by atoms with van der Waals surface area (Å²) in [5.41, 5.74) is 0. The quantitative estimate of drug-likeness (QED) is 0.0262. The molecule has 69 heavy (non-hydrogen) atoms. The summed E-state index contributed by atoms with van der Waals surface area (Å²) >= 11 is 0. The second-order valence-corrected chi connectivity index (χ2v) is 19.9. The summed E-state index contributed by atoms with van der Waals surface area (Å²) < 4.78 is 16.7. The zero-order valence-electron chi connectivity index (χ0n) is 45.8. The van der Waals surface area contributed by atoms with Crippen LogP contribution in [0.1, 0.15) is 303 Å². The number of esters is 3. The largest absolute Gasteiger partial charge is 0.462 e. The molecule has 0 aromatic heterocycles. The number of rotatable bonds is 54. The van der Waals surface area contributed by atoms with E-state index in [2.05, 4.69) is 69.4 Å². The van der Waals surface area contributed by atoms with E-state index in [1.807, 2.05) is 12.2 Å². The van der Waals surface area contributed by atoms with Crippen LogP contribution in [0.4, 0.5) is 0 Å². The highest BCUT2D eigenvalue weighted by atomic mass is 16.6. The second kappa shape index (κ2) is 57.7. The highest BCUT2D eigenvalue weighted by Gasteiger charge is 2.19. The van der Waals surface area contributed by atoms with Crippen LogP contribution in [0, 0.1) is 0 Å². The van der Waals surface area contributed by atoms with Gasteiger partial charge in [0.2, 0.25) is 0 Å². The lowest BCUT2D eigenvalue weighted by atomic mass is 10.0. The number of unbranched alkanes of at least 4 members (excludes halogenated alkanes) is 33. The van der Waals surface area contributed by atoms with E-state index in [1.54, 1.807) is 0 Å². The summed E-state index contributed by atoms with van der Waals surface area (Å²) in [5.74, 6) is -0.986. The van der Waals surface area contributed by atoms with Crippen LogP contribution in [-0.2, 0) is 28.6 Å². The molecular formula is C63H112O6. The Hall–Kier alpha value is -2.89. The molecule has 6 nitrogen and oxygen atoms in total. The zero-order chi connectivity index (χ0) is 50.0. The fraction of sp³-hybridized carbons (Fsp3) is 0.794. The lowest BCUT2D eigenvalue weighted by Crippen LogP contribution is -2.30. The van der Waals surface area contributed by atoms with Gasteiger partial charge in [-0.05, 0) is 64.2 Å². The maximum Gasteiger partial charge on any atom is 0.306 e. The van der Waals surface area contributed by atoms with Crippen LogP contribution < -0.4 is 0 Å². The molecule has 0 radical (unpaired) electrons. The van der Waals surface area contributed by atoms with E-state index >= 15 is 0 Å². The van der Waals surface area contributed by atoms with E-state index in [0.717, 1.165) is 77.0 Å².